The van der Waals surface area contributed by atoms with Crippen molar-refractivity contribution in [2.45, 2.75) is 84.3 Å². The molecule has 6 aromatic rings. The number of anilines is 4. The van der Waals surface area contributed by atoms with Gasteiger partial charge in [0.1, 0.15) is 10.7 Å². The van der Waals surface area contributed by atoms with Crippen molar-refractivity contribution in [2.75, 3.05) is 90.8 Å². The van der Waals surface area contributed by atoms with Crippen LogP contribution in [0.3, 0.4) is 0 Å². The summed E-state index contributed by atoms with van der Waals surface area (Å²) < 4.78 is 145. The maximum Gasteiger partial charge on any atom is 0.501 e. The van der Waals surface area contributed by atoms with Crippen LogP contribution in [0.4, 0.5) is 40.3 Å². The zero-order chi connectivity index (χ0) is 55.6. The third-order valence-corrected chi connectivity index (χ3v) is 19.6. The molecule has 2 N–H and O–H groups in total. The average molecular weight is 1160 g/mol. The highest BCUT2D eigenvalue weighted by Gasteiger charge is 2.48. The van der Waals surface area contributed by atoms with E-state index in [9.17, 15) is 38.4 Å². The topological polar surface area (TPSA) is 144 Å². The van der Waals surface area contributed by atoms with E-state index in [-0.39, 0.29) is 22.3 Å². The molecular formula is C55H64ClF4N7O6S4. The third kappa shape index (κ3) is 13.4. The largest absolute Gasteiger partial charge is 0.501 e. The van der Waals surface area contributed by atoms with Crippen LogP contribution in [-0.2, 0) is 29.7 Å². The molecule has 0 aliphatic carbocycles. The predicted octanol–water partition coefficient (Wildman–Crippen LogP) is 11.3. The number of sulfone groups is 2. The number of aromatic nitrogens is 1. The van der Waals surface area contributed by atoms with Gasteiger partial charge in [0.25, 0.3) is 19.9 Å². The molecule has 2 aliphatic heterocycles. The second-order valence-electron chi connectivity index (χ2n) is 20.0. The number of hydrogen-bond donors (Lipinski definition) is 2. The van der Waals surface area contributed by atoms with E-state index < -0.39 is 56.9 Å². The lowest BCUT2D eigenvalue weighted by Gasteiger charge is -2.37. The zero-order valence-electron chi connectivity index (χ0n) is 43.7. The van der Waals surface area contributed by atoms with Crippen molar-refractivity contribution < 1.29 is 42.8 Å². The monoisotopic (exact) mass is 1160 g/mol. The summed E-state index contributed by atoms with van der Waals surface area (Å²) in [6.45, 7) is 15.8. The van der Waals surface area contributed by atoms with Gasteiger partial charge in [-0.1, -0.05) is 41.9 Å². The number of halogens is 5. The fourth-order valence-corrected chi connectivity index (χ4v) is 14.6. The molecule has 0 saturated carbocycles. The van der Waals surface area contributed by atoms with Crippen molar-refractivity contribution in [1.29, 1.82) is 0 Å². The number of hydrogen-bond acceptors (Lipinski definition) is 12. The van der Waals surface area contributed by atoms with E-state index >= 15 is 4.39 Å². The van der Waals surface area contributed by atoms with E-state index in [1.807, 2.05) is 65.8 Å². The van der Waals surface area contributed by atoms with Crippen molar-refractivity contribution in [2.24, 2.45) is 0 Å². The van der Waals surface area contributed by atoms with Gasteiger partial charge in [-0.25, -0.2) is 29.6 Å². The average Bonchev–Trinajstić information content (AvgIpc) is 3.80. The molecule has 22 heteroatoms. The van der Waals surface area contributed by atoms with E-state index in [1.165, 1.54) is 36.0 Å². The van der Waals surface area contributed by atoms with E-state index in [2.05, 4.69) is 38.6 Å². The van der Waals surface area contributed by atoms with Gasteiger partial charge in [-0.05, 0) is 137 Å². The van der Waals surface area contributed by atoms with Crippen LogP contribution in [0.1, 0.15) is 45.9 Å². The van der Waals surface area contributed by atoms with E-state index in [0.29, 0.717) is 90.2 Å². The Kier molecular flexibility index (Phi) is 17.7. The Morgan fingerprint density at radius 1 is 0.701 bits per heavy atom. The fraction of sp³-hybridized carbons (Fsp3) is 0.382. The van der Waals surface area contributed by atoms with Crippen LogP contribution in [-0.4, -0.2) is 128 Å². The van der Waals surface area contributed by atoms with Gasteiger partial charge in [0, 0.05) is 127 Å². The Labute approximate surface area is 459 Å². The summed E-state index contributed by atoms with van der Waals surface area (Å²) >= 11 is 7.72. The molecule has 2 aliphatic rings. The number of sulfonamides is 1. The molecule has 0 spiro atoms. The molecule has 13 nitrogen and oxygen atoms in total. The number of rotatable bonds is 19. The van der Waals surface area contributed by atoms with Crippen molar-refractivity contribution in [1.82, 2.24) is 14.4 Å². The fourth-order valence-electron chi connectivity index (χ4n) is 10.1. The molecule has 3 heterocycles. The number of alkyl halides is 3. The predicted molar refractivity (Wildman–Crippen MR) is 302 cm³/mol. The summed E-state index contributed by atoms with van der Waals surface area (Å²) in [4.78, 5) is 7.88. The normalized spacial score (nSPS) is 15.9. The van der Waals surface area contributed by atoms with Gasteiger partial charge in [-0.2, -0.15) is 13.2 Å². The molecule has 0 amide bonds. The molecule has 0 unspecified atom stereocenters. The molecule has 2 saturated heterocycles. The van der Waals surface area contributed by atoms with Gasteiger partial charge < -0.3 is 24.6 Å². The van der Waals surface area contributed by atoms with Gasteiger partial charge in [-0.15, -0.1) is 11.8 Å². The number of piperazine rings is 2. The molecule has 8 rings (SSSR count). The minimum atomic E-state index is -6.04. The third-order valence-electron chi connectivity index (χ3n) is 14.0. The van der Waals surface area contributed by atoms with Crippen molar-refractivity contribution in [3.63, 3.8) is 0 Å². The Balaban J connectivity index is 0.982. The quantitative estimate of drug-likeness (QED) is 0.0588. The molecule has 2 fully saturated rings. The minimum Gasteiger partial charge on any atom is -0.380 e. The molecule has 5 aromatic carbocycles. The van der Waals surface area contributed by atoms with Gasteiger partial charge in [-0.3, -0.25) is 9.62 Å². The zero-order valence-corrected chi connectivity index (χ0v) is 47.7. The lowest BCUT2D eigenvalue weighted by molar-refractivity contribution is -0.0435. The van der Waals surface area contributed by atoms with Crippen LogP contribution in [0.5, 0.6) is 0 Å². The number of nitrogens with one attached hydrogen (secondary N) is 2. The second-order valence-corrected chi connectivity index (χ2v) is 27.1. The van der Waals surface area contributed by atoms with Crippen LogP contribution in [0, 0.1) is 12.7 Å². The van der Waals surface area contributed by atoms with E-state index in [1.54, 1.807) is 37.3 Å². The summed E-state index contributed by atoms with van der Waals surface area (Å²) in [7, 11) is -14.5. The molecule has 77 heavy (non-hydrogen) atoms. The Hall–Kier alpha value is -5.29. The first-order valence-electron chi connectivity index (χ1n) is 25.3. The maximum atomic E-state index is 15.8. The smallest absolute Gasteiger partial charge is 0.380 e. The SMILES string of the molecule is Cc1c(S(C)(=O)=O)c(-c2cc(F)cc(N3CCN(c4ccc(NS(=O)(=O)c5ccc(N[C@H](CCN6CCN(C(C)C)CC6)CSc6ccccc6)c(S(=O)(=O)C(F)(F)F)c5)cc4)CC3)c2)c(-c2ccc(Cl)cc2)n1C(C)C. The molecule has 0 bridgehead atoms. The Morgan fingerprint density at radius 2 is 1.32 bits per heavy atom. The van der Waals surface area contributed by atoms with Gasteiger partial charge in [0.15, 0.2) is 9.84 Å². The van der Waals surface area contributed by atoms with Gasteiger partial charge in [0.2, 0.25) is 0 Å². The second kappa shape index (κ2) is 23.6. The highest BCUT2D eigenvalue weighted by atomic mass is 35.5. The first-order chi connectivity index (χ1) is 36.3. The van der Waals surface area contributed by atoms with Gasteiger partial charge in [0.05, 0.1) is 21.2 Å². The molecule has 414 valence electrons. The minimum absolute atomic E-state index is 0.0855. The first kappa shape index (κ1) is 57.9. The van der Waals surface area contributed by atoms with Crippen LogP contribution >= 0.6 is 23.4 Å². The molecule has 1 atom stereocenters. The van der Waals surface area contributed by atoms with Crippen LogP contribution in [0.2, 0.25) is 5.02 Å². The van der Waals surface area contributed by atoms with E-state index in [4.69, 9.17) is 11.6 Å². The number of benzene rings is 5. The summed E-state index contributed by atoms with van der Waals surface area (Å²) in [5, 5.41) is 3.58. The molecule has 1 aromatic heterocycles. The Bertz CT molecular complexity index is 3390. The summed E-state index contributed by atoms with van der Waals surface area (Å²) in [6.07, 6.45) is 1.63. The lowest BCUT2D eigenvalue weighted by atomic mass is 9.99. The van der Waals surface area contributed by atoms with E-state index in [0.717, 1.165) is 60.7 Å². The molecular weight excluding hydrogens is 1090 g/mol. The Morgan fingerprint density at radius 3 is 1.91 bits per heavy atom. The number of thioether (sulfide) groups is 1. The van der Waals surface area contributed by atoms with Crippen LogP contribution < -0.4 is 19.8 Å². The lowest BCUT2D eigenvalue weighted by Crippen LogP contribution is -2.49. The summed E-state index contributed by atoms with van der Waals surface area (Å²) in [5.41, 5.74) is -2.03. The highest BCUT2D eigenvalue weighted by Crippen LogP contribution is 2.45. The van der Waals surface area contributed by atoms with Crippen molar-refractivity contribution in [3.8, 4) is 22.4 Å². The van der Waals surface area contributed by atoms with Crippen LogP contribution in [0.15, 0.2) is 135 Å². The van der Waals surface area contributed by atoms with Crippen LogP contribution in [0.25, 0.3) is 22.4 Å². The maximum absolute atomic E-state index is 15.8. The summed E-state index contributed by atoms with van der Waals surface area (Å²) in [6, 6.07) is 30.0. The molecule has 0 radical (unpaired) electrons. The van der Waals surface area contributed by atoms with Crippen molar-refractivity contribution >= 4 is 75.8 Å². The standard InChI is InChI=1S/C55H64ClF4N7O6S4/c1-37(2)64-26-24-63(25-27-64)23-22-45(36-74-48-10-8-7-9-11-48)61-50-21-20-49(35-51(50)76(70,71)55(58,59)60)77(72,73)62-44-16-18-46(19-17-44)65-28-30-66(31-29-65)47-33-41(32-43(57)34-47)52-53(40-12-14-42(56)15-13-40)67(38(3)4)39(5)54(52)75(6,68)69/h7-21,32-35,37-38,45,61-62H,22-31,36H2,1-6H3/t45-/m1/s1. The first-order valence-corrected chi connectivity index (χ1v) is 31.5. The van der Waals surface area contributed by atoms with Crippen molar-refractivity contribution in [3.05, 3.63) is 132 Å². The highest BCUT2D eigenvalue weighted by molar-refractivity contribution is 7.99. The summed E-state index contributed by atoms with van der Waals surface area (Å²) in [5.74, 6) is -0.153. The number of nitrogens with zero attached hydrogens (tertiary/aromatic N) is 5. The van der Waals surface area contributed by atoms with Gasteiger partial charge >= 0.3 is 5.51 Å².